The van der Waals surface area contributed by atoms with Crippen molar-refractivity contribution in [3.63, 3.8) is 0 Å². The summed E-state index contributed by atoms with van der Waals surface area (Å²) in [5.41, 5.74) is 2.46. The second-order valence-electron chi connectivity index (χ2n) is 5.70. The smallest absolute Gasteiger partial charge is 0.260 e. The topological polar surface area (TPSA) is 23.6 Å². The highest BCUT2D eigenvalue weighted by atomic mass is 32.1. The lowest BCUT2D eigenvalue weighted by Gasteiger charge is -2.32. The van der Waals surface area contributed by atoms with Crippen molar-refractivity contribution in [1.29, 1.82) is 0 Å². The Morgan fingerprint density at radius 2 is 1.19 bits per heavy atom. The van der Waals surface area contributed by atoms with Gasteiger partial charge in [0, 0.05) is 23.5 Å². The van der Waals surface area contributed by atoms with Gasteiger partial charge >= 0.3 is 0 Å². The van der Waals surface area contributed by atoms with Crippen molar-refractivity contribution < 1.29 is 4.79 Å². The van der Waals surface area contributed by atoms with Crippen molar-refractivity contribution >= 4 is 34.6 Å². The third kappa shape index (κ3) is 3.81. The average Bonchev–Trinajstić information content (AvgIpc) is 2.71. The fourth-order valence-corrected chi connectivity index (χ4v) is 3.17. The summed E-state index contributed by atoms with van der Waals surface area (Å²) in [6.07, 6.45) is 0. The highest BCUT2D eigenvalue weighted by Gasteiger charge is 2.24. The molecular formula is C22H20N2OS. The van der Waals surface area contributed by atoms with E-state index in [2.05, 4.69) is 0 Å². The van der Waals surface area contributed by atoms with Gasteiger partial charge in [0.1, 0.15) is 0 Å². The van der Waals surface area contributed by atoms with Crippen LogP contribution in [-0.4, -0.2) is 22.5 Å². The van der Waals surface area contributed by atoms with Gasteiger partial charge in [-0.3, -0.25) is 14.6 Å². The Kier molecular flexibility index (Phi) is 5.77. The summed E-state index contributed by atoms with van der Waals surface area (Å²) < 4.78 is 0. The molecule has 0 aromatic heterocycles. The van der Waals surface area contributed by atoms with Crippen LogP contribution in [0.4, 0.5) is 11.4 Å². The van der Waals surface area contributed by atoms with Crippen LogP contribution in [0, 0.1) is 0 Å². The fraction of sp³-hybridized carbons (Fsp3) is 0.0909. The molecule has 0 aliphatic rings. The lowest BCUT2D eigenvalue weighted by Crippen LogP contribution is -2.44. The van der Waals surface area contributed by atoms with Crippen LogP contribution in [0.3, 0.4) is 0 Å². The minimum absolute atomic E-state index is 0.102. The molecule has 4 heteroatoms. The van der Waals surface area contributed by atoms with Gasteiger partial charge in [-0.05, 0) is 55.5 Å². The largest absolute Gasteiger partial charge is 0.287 e. The summed E-state index contributed by atoms with van der Waals surface area (Å²) in [6, 6.07) is 28.9. The normalized spacial score (nSPS) is 10.2. The number of hydrogen-bond acceptors (Lipinski definition) is 2. The number of hydrogen-bond donors (Lipinski definition) is 0. The van der Waals surface area contributed by atoms with E-state index in [-0.39, 0.29) is 5.91 Å². The number of carbonyl (C=O) groups excluding carboxylic acids is 1. The second kappa shape index (κ2) is 8.41. The fourth-order valence-electron chi connectivity index (χ4n) is 2.75. The molecule has 1 amide bonds. The predicted octanol–water partition coefficient (Wildman–Crippen LogP) is 5.27. The van der Waals surface area contributed by atoms with E-state index in [1.165, 1.54) is 0 Å². The minimum Gasteiger partial charge on any atom is -0.287 e. The van der Waals surface area contributed by atoms with E-state index in [9.17, 15) is 4.79 Å². The number of para-hydroxylation sites is 2. The zero-order chi connectivity index (χ0) is 18.4. The molecule has 0 saturated carbocycles. The number of thiocarbonyl (C=S) groups is 1. The van der Waals surface area contributed by atoms with E-state index >= 15 is 0 Å². The molecule has 0 fully saturated rings. The van der Waals surface area contributed by atoms with Crippen molar-refractivity contribution in [1.82, 2.24) is 4.90 Å². The average molecular weight is 360 g/mol. The van der Waals surface area contributed by atoms with Crippen LogP contribution in [0.1, 0.15) is 17.3 Å². The molecule has 0 aliphatic carbocycles. The van der Waals surface area contributed by atoms with Gasteiger partial charge < -0.3 is 0 Å². The van der Waals surface area contributed by atoms with Crippen LogP contribution >= 0.6 is 12.2 Å². The first-order chi connectivity index (χ1) is 12.7. The van der Waals surface area contributed by atoms with Crippen molar-refractivity contribution in [3.8, 4) is 0 Å². The number of carbonyl (C=O) groups is 1. The number of nitrogens with zero attached hydrogens (tertiary/aromatic N) is 2. The van der Waals surface area contributed by atoms with Gasteiger partial charge in [0.25, 0.3) is 5.91 Å². The summed E-state index contributed by atoms with van der Waals surface area (Å²) in [5.74, 6) is -0.102. The second-order valence-corrected chi connectivity index (χ2v) is 6.07. The third-order valence-electron chi connectivity index (χ3n) is 4.03. The molecule has 130 valence electrons. The Hall–Kier alpha value is -2.98. The van der Waals surface area contributed by atoms with Gasteiger partial charge in [0.15, 0.2) is 5.11 Å². The summed E-state index contributed by atoms with van der Waals surface area (Å²) in [4.78, 5) is 16.6. The monoisotopic (exact) mass is 360 g/mol. The predicted molar refractivity (Wildman–Crippen MR) is 111 cm³/mol. The molecule has 0 bridgehead atoms. The molecule has 26 heavy (non-hydrogen) atoms. The standard InChI is InChI=1S/C22H20N2OS/c1-2-23(21(25)18-12-6-3-7-13-18)22(26)24(19-14-8-4-9-15-19)20-16-10-5-11-17-20/h3-17H,2H2,1H3. The van der Waals surface area contributed by atoms with Crippen molar-refractivity contribution in [3.05, 3.63) is 96.6 Å². The zero-order valence-electron chi connectivity index (χ0n) is 14.6. The highest BCUT2D eigenvalue weighted by Crippen LogP contribution is 2.27. The molecule has 0 unspecified atom stereocenters. The van der Waals surface area contributed by atoms with Gasteiger partial charge in [-0.2, -0.15) is 0 Å². The summed E-state index contributed by atoms with van der Waals surface area (Å²) >= 11 is 5.77. The SMILES string of the molecule is CCN(C(=O)c1ccccc1)C(=S)N(c1ccccc1)c1ccccc1. The first-order valence-corrected chi connectivity index (χ1v) is 8.94. The van der Waals surface area contributed by atoms with Gasteiger partial charge in [-0.25, -0.2) is 0 Å². The van der Waals surface area contributed by atoms with Crippen molar-refractivity contribution in [2.24, 2.45) is 0 Å². The maximum atomic E-state index is 13.0. The molecule has 0 spiro atoms. The molecule has 0 aliphatic heterocycles. The maximum Gasteiger partial charge on any atom is 0.260 e. The van der Waals surface area contributed by atoms with E-state index in [1.54, 1.807) is 4.90 Å². The minimum atomic E-state index is -0.102. The summed E-state index contributed by atoms with van der Waals surface area (Å²) in [7, 11) is 0. The quantitative estimate of drug-likeness (QED) is 0.592. The van der Waals surface area contributed by atoms with E-state index in [1.807, 2.05) is 103 Å². The van der Waals surface area contributed by atoms with E-state index in [0.29, 0.717) is 17.2 Å². The molecule has 0 N–H and O–H groups in total. The lowest BCUT2D eigenvalue weighted by atomic mass is 10.2. The van der Waals surface area contributed by atoms with Crippen LogP contribution < -0.4 is 4.90 Å². The Labute approximate surface area is 159 Å². The van der Waals surface area contributed by atoms with Crippen LogP contribution in [0.25, 0.3) is 0 Å². The molecular weight excluding hydrogens is 340 g/mol. The van der Waals surface area contributed by atoms with E-state index in [4.69, 9.17) is 12.2 Å². The van der Waals surface area contributed by atoms with Crippen LogP contribution in [-0.2, 0) is 0 Å². The first-order valence-electron chi connectivity index (χ1n) is 8.53. The zero-order valence-corrected chi connectivity index (χ0v) is 15.4. The Morgan fingerprint density at radius 3 is 1.62 bits per heavy atom. The van der Waals surface area contributed by atoms with E-state index < -0.39 is 0 Å². The van der Waals surface area contributed by atoms with Crippen LogP contribution in [0.5, 0.6) is 0 Å². The third-order valence-corrected chi connectivity index (χ3v) is 4.44. The molecule has 0 saturated heterocycles. The number of anilines is 2. The number of rotatable bonds is 4. The number of amides is 1. The molecule has 3 nitrogen and oxygen atoms in total. The van der Waals surface area contributed by atoms with Gasteiger partial charge in [0.05, 0.1) is 0 Å². The van der Waals surface area contributed by atoms with Crippen molar-refractivity contribution in [2.45, 2.75) is 6.92 Å². The van der Waals surface area contributed by atoms with Gasteiger partial charge in [0.2, 0.25) is 0 Å². The molecule has 3 aromatic rings. The highest BCUT2D eigenvalue weighted by molar-refractivity contribution is 7.80. The van der Waals surface area contributed by atoms with Crippen LogP contribution in [0.15, 0.2) is 91.0 Å². The van der Waals surface area contributed by atoms with Crippen LogP contribution in [0.2, 0.25) is 0 Å². The summed E-state index contributed by atoms with van der Waals surface area (Å²) in [5, 5.41) is 0.457. The molecule has 0 heterocycles. The van der Waals surface area contributed by atoms with Gasteiger partial charge in [-0.1, -0.05) is 54.6 Å². The molecule has 3 rings (SSSR count). The van der Waals surface area contributed by atoms with Crippen molar-refractivity contribution in [2.75, 3.05) is 11.4 Å². The van der Waals surface area contributed by atoms with Gasteiger partial charge in [-0.15, -0.1) is 0 Å². The summed E-state index contributed by atoms with van der Waals surface area (Å²) in [6.45, 7) is 2.42. The Bertz CT molecular complexity index is 827. The maximum absolute atomic E-state index is 13.0. The molecule has 0 atom stereocenters. The first kappa shape index (κ1) is 17.8. The molecule has 3 aromatic carbocycles. The number of benzene rings is 3. The molecule has 0 radical (unpaired) electrons. The Morgan fingerprint density at radius 1 is 0.769 bits per heavy atom. The Balaban J connectivity index is 2.00. The van der Waals surface area contributed by atoms with E-state index in [0.717, 1.165) is 11.4 Å². The lowest BCUT2D eigenvalue weighted by molar-refractivity contribution is 0.0853.